The van der Waals surface area contributed by atoms with E-state index in [1.165, 1.54) is 0 Å². The first-order chi connectivity index (χ1) is 9.07. The molecule has 7 heteroatoms. The maximum absolute atomic E-state index is 12.5. The van der Waals surface area contributed by atoms with Crippen LogP contribution in [-0.2, 0) is 10.2 Å². The van der Waals surface area contributed by atoms with Crippen LogP contribution < -0.4 is 0 Å². The van der Waals surface area contributed by atoms with Crippen molar-refractivity contribution in [2.24, 2.45) is 5.92 Å². The fourth-order valence-corrected chi connectivity index (χ4v) is 4.54. The highest BCUT2D eigenvalue weighted by atomic mass is 32.2. The Balaban J connectivity index is 1.98. The van der Waals surface area contributed by atoms with E-state index in [0.717, 1.165) is 32.5 Å². The van der Waals surface area contributed by atoms with Crippen molar-refractivity contribution in [3.63, 3.8) is 0 Å². The van der Waals surface area contributed by atoms with E-state index in [0.29, 0.717) is 26.2 Å². The number of aliphatic hydroxyl groups is 1. The molecule has 0 bridgehead atoms. The molecule has 0 spiro atoms. The van der Waals surface area contributed by atoms with Gasteiger partial charge in [0.25, 0.3) is 10.2 Å². The summed E-state index contributed by atoms with van der Waals surface area (Å²) in [6.45, 7) is 6.99. The normalized spacial score (nSPS) is 28.6. The van der Waals surface area contributed by atoms with Crippen molar-refractivity contribution in [3.8, 4) is 0 Å². The van der Waals surface area contributed by atoms with Gasteiger partial charge in [-0.1, -0.05) is 6.92 Å². The second-order valence-electron chi connectivity index (χ2n) is 5.39. The summed E-state index contributed by atoms with van der Waals surface area (Å²) in [7, 11) is -3.33. The van der Waals surface area contributed by atoms with Crippen LogP contribution in [0.3, 0.4) is 0 Å². The van der Waals surface area contributed by atoms with E-state index in [1.54, 1.807) is 8.61 Å². The molecule has 19 heavy (non-hydrogen) atoms. The van der Waals surface area contributed by atoms with Crippen LogP contribution in [-0.4, -0.2) is 79.5 Å². The molecule has 0 aromatic rings. The number of hydrogen-bond donors (Lipinski definition) is 1. The van der Waals surface area contributed by atoms with Gasteiger partial charge >= 0.3 is 0 Å². The fourth-order valence-electron chi connectivity index (χ4n) is 2.83. The van der Waals surface area contributed by atoms with Crippen molar-refractivity contribution >= 4 is 10.2 Å². The first-order valence-corrected chi connectivity index (χ1v) is 8.56. The van der Waals surface area contributed by atoms with Gasteiger partial charge in [0.2, 0.25) is 0 Å². The molecule has 0 aliphatic carbocycles. The Bertz CT molecular complexity index is 380. The van der Waals surface area contributed by atoms with Crippen LogP contribution in [0.2, 0.25) is 0 Å². The van der Waals surface area contributed by atoms with E-state index in [1.807, 2.05) is 0 Å². The molecule has 0 saturated carbocycles. The molecule has 0 amide bonds. The number of rotatable bonds is 4. The molecule has 2 rings (SSSR count). The number of hydrogen-bond acceptors (Lipinski definition) is 4. The quantitative estimate of drug-likeness (QED) is 0.764. The Morgan fingerprint density at radius 1 is 1.11 bits per heavy atom. The topological polar surface area (TPSA) is 64.1 Å². The fraction of sp³-hybridized carbons (Fsp3) is 1.00. The van der Waals surface area contributed by atoms with E-state index in [9.17, 15) is 13.5 Å². The summed E-state index contributed by atoms with van der Waals surface area (Å²) in [5.74, 6) is 0.0976. The lowest BCUT2D eigenvalue weighted by atomic mass is 10.0. The van der Waals surface area contributed by atoms with Crippen molar-refractivity contribution < 1.29 is 13.5 Å². The van der Waals surface area contributed by atoms with Crippen LogP contribution in [0, 0.1) is 5.92 Å². The minimum Gasteiger partial charge on any atom is -0.396 e. The van der Waals surface area contributed by atoms with Crippen LogP contribution in [0.15, 0.2) is 0 Å². The van der Waals surface area contributed by atoms with Crippen LogP contribution in [0.25, 0.3) is 0 Å². The van der Waals surface area contributed by atoms with Crippen LogP contribution >= 0.6 is 0 Å². The molecule has 2 saturated heterocycles. The zero-order valence-electron chi connectivity index (χ0n) is 11.7. The van der Waals surface area contributed by atoms with Gasteiger partial charge in [-0.3, -0.25) is 0 Å². The molecular formula is C12H25N3O3S. The van der Waals surface area contributed by atoms with Crippen molar-refractivity contribution in [2.45, 2.75) is 19.8 Å². The van der Waals surface area contributed by atoms with Gasteiger partial charge in [-0.15, -0.1) is 0 Å². The summed E-state index contributed by atoms with van der Waals surface area (Å²) in [6, 6.07) is 0. The van der Waals surface area contributed by atoms with Crippen LogP contribution in [0.4, 0.5) is 0 Å². The Morgan fingerprint density at radius 2 is 1.79 bits per heavy atom. The van der Waals surface area contributed by atoms with Gasteiger partial charge in [-0.25, -0.2) is 0 Å². The van der Waals surface area contributed by atoms with Gasteiger partial charge in [-0.05, 0) is 25.3 Å². The molecule has 0 aromatic heterocycles. The van der Waals surface area contributed by atoms with Crippen molar-refractivity contribution in [1.82, 2.24) is 13.5 Å². The highest BCUT2D eigenvalue weighted by molar-refractivity contribution is 7.86. The first-order valence-electron chi connectivity index (χ1n) is 7.16. The molecular weight excluding hydrogens is 266 g/mol. The van der Waals surface area contributed by atoms with E-state index in [2.05, 4.69) is 11.8 Å². The molecule has 2 heterocycles. The molecule has 2 aliphatic rings. The van der Waals surface area contributed by atoms with E-state index in [-0.39, 0.29) is 12.5 Å². The summed E-state index contributed by atoms with van der Waals surface area (Å²) in [4.78, 5) is 2.26. The Morgan fingerprint density at radius 3 is 2.37 bits per heavy atom. The SMILES string of the molecule is CCN1CCN(S(=O)(=O)N2CCCC(CO)C2)CC1. The average Bonchev–Trinajstić information content (AvgIpc) is 2.47. The highest BCUT2D eigenvalue weighted by Crippen LogP contribution is 2.21. The second kappa shape index (κ2) is 6.49. The molecule has 0 aromatic carbocycles. The molecule has 1 unspecified atom stereocenters. The Hall–Kier alpha value is -0.210. The number of likely N-dealkylation sites (N-methyl/N-ethyl adjacent to an activating group) is 1. The van der Waals surface area contributed by atoms with Gasteiger partial charge in [0, 0.05) is 45.9 Å². The van der Waals surface area contributed by atoms with Crippen LogP contribution in [0.5, 0.6) is 0 Å². The lowest BCUT2D eigenvalue weighted by molar-refractivity contribution is 0.151. The first kappa shape index (κ1) is 15.2. The summed E-state index contributed by atoms with van der Waals surface area (Å²) in [5.41, 5.74) is 0. The van der Waals surface area contributed by atoms with Crippen molar-refractivity contribution in [1.29, 1.82) is 0 Å². The maximum Gasteiger partial charge on any atom is 0.282 e. The van der Waals surface area contributed by atoms with Gasteiger partial charge in [0.1, 0.15) is 0 Å². The van der Waals surface area contributed by atoms with Crippen molar-refractivity contribution in [2.75, 3.05) is 52.4 Å². The lowest BCUT2D eigenvalue weighted by Crippen LogP contribution is -2.54. The second-order valence-corrected chi connectivity index (χ2v) is 7.32. The molecule has 0 radical (unpaired) electrons. The largest absolute Gasteiger partial charge is 0.396 e. The Labute approximate surface area is 116 Å². The van der Waals surface area contributed by atoms with Crippen LogP contribution in [0.1, 0.15) is 19.8 Å². The lowest BCUT2D eigenvalue weighted by Gasteiger charge is -2.38. The zero-order valence-corrected chi connectivity index (χ0v) is 12.5. The minimum atomic E-state index is -3.33. The predicted molar refractivity (Wildman–Crippen MR) is 74.0 cm³/mol. The molecule has 1 atom stereocenters. The summed E-state index contributed by atoms with van der Waals surface area (Å²) >= 11 is 0. The molecule has 6 nitrogen and oxygen atoms in total. The standard InChI is InChI=1S/C12H25N3O3S/c1-2-13-6-8-14(9-7-13)19(17,18)15-5-3-4-12(10-15)11-16/h12,16H,2-11H2,1H3. The molecule has 112 valence electrons. The third kappa shape index (κ3) is 3.46. The average molecular weight is 291 g/mol. The zero-order chi connectivity index (χ0) is 13.9. The van der Waals surface area contributed by atoms with Gasteiger partial charge in [0.05, 0.1) is 0 Å². The third-order valence-corrected chi connectivity index (χ3v) is 6.17. The van der Waals surface area contributed by atoms with E-state index in [4.69, 9.17) is 0 Å². The Kier molecular flexibility index (Phi) is 5.19. The van der Waals surface area contributed by atoms with Gasteiger partial charge < -0.3 is 10.0 Å². The molecule has 2 fully saturated rings. The highest BCUT2D eigenvalue weighted by Gasteiger charge is 2.34. The summed E-state index contributed by atoms with van der Waals surface area (Å²) in [6.07, 6.45) is 1.77. The number of piperazine rings is 1. The third-order valence-electron chi connectivity index (χ3n) is 4.17. The van der Waals surface area contributed by atoms with Gasteiger partial charge in [0.15, 0.2) is 0 Å². The van der Waals surface area contributed by atoms with Gasteiger partial charge in [-0.2, -0.15) is 17.0 Å². The number of piperidine rings is 1. The number of nitrogens with zero attached hydrogens (tertiary/aromatic N) is 3. The summed E-state index contributed by atoms with van der Waals surface area (Å²) < 4.78 is 28.2. The maximum atomic E-state index is 12.5. The molecule has 2 aliphatic heterocycles. The number of aliphatic hydroxyl groups excluding tert-OH is 1. The molecule has 1 N–H and O–H groups in total. The monoisotopic (exact) mass is 291 g/mol. The smallest absolute Gasteiger partial charge is 0.282 e. The van der Waals surface area contributed by atoms with E-state index < -0.39 is 10.2 Å². The summed E-state index contributed by atoms with van der Waals surface area (Å²) in [5, 5.41) is 9.21. The van der Waals surface area contributed by atoms with E-state index >= 15 is 0 Å². The minimum absolute atomic E-state index is 0.0790. The van der Waals surface area contributed by atoms with Crippen molar-refractivity contribution in [3.05, 3.63) is 0 Å². The predicted octanol–water partition coefficient (Wildman–Crippen LogP) is -0.427.